The maximum atomic E-state index is 12.1. The van der Waals surface area contributed by atoms with E-state index < -0.39 is 17.9 Å². The van der Waals surface area contributed by atoms with Crippen LogP contribution < -0.4 is 11.1 Å². The van der Waals surface area contributed by atoms with E-state index in [1.165, 1.54) is 12.3 Å². The molecule has 5 nitrogen and oxygen atoms in total. The van der Waals surface area contributed by atoms with Gasteiger partial charge in [-0.3, -0.25) is 14.6 Å². The van der Waals surface area contributed by atoms with E-state index in [1.54, 1.807) is 30.3 Å². The Balaban J connectivity index is 2.18. The Hall–Kier alpha value is -2.11. The number of rotatable bonds is 5. The fourth-order valence-electron chi connectivity index (χ4n) is 1.88. The fourth-order valence-corrected chi connectivity index (χ4v) is 2.44. The van der Waals surface area contributed by atoms with E-state index in [4.69, 9.17) is 28.9 Å². The van der Waals surface area contributed by atoms with E-state index in [0.717, 1.165) is 0 Å². The molecule has 0 bridgehead atoms. The maximum absolute atomic E-state index is 12.1. The zero-order valence-corrected chi connectivity index (χ0v) is 12.9. The number of nitrogens with one attached hydrogen (secondary N) is 1. The number of hydrogen-bond donors (Lipinski definition) is 2. The Bertz CT molecular complexity index is 672. The molecule has 1 aromatic carbocycles. The number of hydrogen-bond acceptors (Lipinski definition) is 3. The second-order valence-corrected chi connectivity index (χ2v) is 5.36. The first-order valence-electron chi connectivity index (χ1n) is 6.43. The van der Waals surface area contributed by atoms with E-state index in [0.29, 0.717) is 15.6 Å². The van der Waals surface area contributed by atoms with Gasteiger partial charge in [-0.05, 0) is 29.8 Å². The zero-order chi connectivity index (χ0) is 16.1. The summed E-state index contributed by atoms with van der Waals surface area (Å²) in [5, 5.41) is 3.36. The van der Waals surface area contributed by atoms with Crippen LogP contribution in [-0.2, 0) is 11.2 Å². The van der Waals surface area contributed by atoms with Crippen molar-refractivity contribution in [2.45, 2.75) is 12.5 Å². The summed E-state index contributed by atoms with van der Waals surface area (Å²) in [6, 6.07) is 8.96. The summed E-state index contributed by atoms with van der Waals surface area (Å²) in [5.74, 6) is -1.17. The number of pyridine rings is 1. The normalized spacial score (nSPS) is 11.7. The molecule has 3 N–H and O–H groups in total. The predicted molar refractivity (Wildman–Crippen MR) is 84.9 cm³/mol. The third-order valence-corrected chi connectivity index (χ3v) is 3.72. The van der Waals surface area contributed by atoms with Crippen LogP contribution >= 0.6 is 23.2 Å². The molecule has 2 amide bonds. The van der Waals surface area contributed by atoms with Gasteiger partial charge in [0, 0.05) is 22.7 Å². The van der Waals surface area contributed by atoms with E-state index in [1.807, 2.05) is 0 Å². The van der Waals surface area contributed by atoms with Gasteiger partial charge < -0.3 is 11.1 Å². The third kappa shape index (κ3) is 3.96. The standard InChI is InChI=1S/C15H13Cl2N3O2/c16-10-4-3-5-11(17)9(10)8-13(14(18)21)20-15(22)12-6-1-2-7-19-12/h1-7,13H,8H2,(H2,18,21)(H,20,22)/t13-/m1/s1. The van der Waals surface area contributed by atoms with Crippen molar-refractivity contribution in [3.63, 3.8) is 0 Å². The Morgan fingerprint density at radius 3 is 2.36 bits per heavy atom. The summed E-state index contributed by atoms with van der Waals surface area (Å²) in [4.78, 5) is 27.6. The minimum Gasteiger partial charge on any atom is -0.368 e. The average molecular weight is 338 g/mol. The minimum atomic E-state index is -0.938. The van der Waals surface area contributed by atoms with Gasteiger partial charge in [0.25, 0.3) is 5.91 Å². The molecule has 7 heteroatoms. The van der Waals surface area contributed by atoms with E-state index in [9.17, 15) is 9.59 Å². The summed E-state index contributed by atoms with van der Waals surface area (Å²) < 4.78 is 0. The van der Waals surface area contributed by atoms with Crippen LogP contribution in [0.2, 0.25) is 10.0 Å². The largest absolute Gasteiger partial charge is 0.368 e. The van der Waals surface area contributed by atoms with Gasteiger partial charge in [-0.2, -0.15) is 0 Å². The van der Waals surface area contributed by atoms with E-state index in [2.05, 4.69) is 10.3 Å². The van der Waals surface area contributed by atoms with Gasteiger partial charge in [-0.1, -0.05) is 35.3 Å². The number of aromatic nitrogens is 1. The molecule has 22 heavy (non-hydrogen) atoms. The number of halogens is 2. The molecule has 0 radical (unpaired) electrons. The smallest absolute Gasteiger partial charge is 0.270 e. The maximum Gasteiger partial charge on any atom is 0.270 e. The van der Waals surface area contributed by atoms with Crippen molar-refractivity contribution in [3.8, 4) is 0 Å². The Morgan fingerprint density at radius 1 is 1.14 bits per heavy atom. The SMILES string of the molecule is NC(=O)[C@@H](Cc1c(Cl)cccc1Cl)NC(=O)c1ccccn1. The third-order valence-electron chi connectivity index (χ3n) is 3.02. The first kappa shape index (κ1) is 16.3. The van der Waals surface area contributed by atoms with Crippen LogP contribution in [0.15, 0.2) is 42.6 Å². The van der Waals surface area contributed by atoms with E-state index in [-0.39, 0.29) is 12.1 Å². The monoisotopic (exact) mass is 337 g/mol. The molecule has 0 aliphatic rings. The highest BCUT2D eigenvalue weighted by Gasteiger charge is 2.22. The lowest BCUT2D eigenvalue weighted by molar-refractivity contribution is -0.119. The Labute approximate surface area is 137 Å². The van der Waals surface area contributed by atoms with Gasteiger partial charge in [0.05, 0.1) is 0 Å². The molecule has 0 saturated carbocycles. The van der Waals surface area contributed by atoms with Gasteiger partial charge >= 0.3 is 0 Å². The van der Waals surface area contributed by atoms with Crippen molar-refractivity contribution in [3.05, 3.63) is 63.9 Å². The van der Waals surface area contributed by atoms with Crippen molar-refractivity contribution in [2.24, 2.45) is 5.73 Å². The zero-order valence-electron chi connectivity index (χ0n) is 11.4. The number of primary amides is 1. The number of carbonyl (C=O) groups excluding carboxylic acids is 2. The summed E-state index contributed by atoms with van der Waals surface area (Å²) in [6.45, 7) is 0. The fraction of sp³-hybridized carbons (Fsp3) is 0.133. The molecule has 0 saturated heterocycles. The number of nitrogens with zero attached hydrogens (tertiary/aromatic N) is 1. The Kier molecular flexibility index (Phi) is 5.35. The highest BCUT2D eigenvalue weighted by Crippen LogP contribution is 2.25. The molecular weight excluding hydrogens is 325 g/mol. The van der Waals surface area contributed by atoms with Crippen LogP contribution in [0.25, 0.3) is 0 Å². The van der Waals surface area contributed by atoms with Crippen LogP contribution in [0.1, 0.15) is 16.1 Å². The summed E-state index contributed by atoms with van der Waals surface area (Å²) in [6.07, 6.45) is 1.59. The molecule has 1 atom stereocenters. The number of carbonyl (C=O) groups is 2. The lowest BCUT2D eigenvalue weighted by atomic mass is 10.0. The Morgan fingerprint density at radius 2 is 1.82 bits per heavy atom. The first-order valence-corrected chi connectivity index (χ1v) is 7.18. The van der Waals surface area contributed by atoms with Crippen LogP contribution in [-0.4, -0.2) is 22.8 Å². The van der Waals surface area contributed by atoms with Crippen molar-refractivity contribution in [1.29, 1.82) is 0 Å². The molecule has 0 aliphatic heterocycles. The second kappa shape index (κ2) is 7.24. The lowest BCUT2D eigenvalue weighted by Gasteiger charge is -2.17. The minimum absolute atomic E-state index is 0.104. The van der Waals surface area contributed by atoms with Crippen molar-refractivity contribution in [2.75, 3.05) is 0 Å². The van der Waals surface area contributed by atoms with E-state index >= 15 is 0 Å². The molecule has 0 unspecified atom stereocenters. The van der Waals surface area contributed by atoms with Crippen LogP contribution in [0.4, 0.5) is 0 Å². The molecule has 114 valence electrons. The van der Waals surface area contributed by atoms with Crippen LogP contribution in [0, 0.1) is 0 Å². The number of benzene rings is 1. The number of nitrogens with two attached hydrogens (primary N) is 1. The molecule has 1 aromatic heterocycles. The van der Waals surface area contributed by atoms with Gasteiger partial charge in [-0.15, -0.1) is 0 Å². The van der Waals surface area contributed by atoms with Gasteiger partial charge in [0.2, 0.25) is 5.91 Å². The lowest BCUT2D eigenvalue weighted by Crippen LogP contribution is -2.46. The molecular formula is C15H13Cl2N3O2. The van der Waals surface area contributed by atoms with Gasteiger partial charge in [0.15, 0.2) is 0 Å². The van der Waals surface area contributed by atoms with Crippen LogP contribution in [0.5, 0.6) is 0 Å². The summed E-state index contributed by atoms with van der Waals surface area (Å²) >= 11 is 12.1. The molecule has 0 aliphatic carbocycles. The second-order valence-electron chi connectivity index (χ2n) is 4.55. The quantitative estimate of drug-likeness (QED) is 0.877. The molecule has 0 fully saturated rings. The molecule has 0 spiro atoms. The van der Waals surface area contributed by atoms with Crippen molar-refractivity contribution >= 4 is 35.0 Å². The molecule has 2 aromatic rings. The number of amides is 2. The molecule has 2 rings (SSSR count). The summed E-state index contributed by atoms with van der Waals surface area (Å²) in [7, 11) is 0. The topological polar surface area (TPSA) is 85.1 Å². The van der Waals surface area contributed by atoms with Gasteiger partial charge in [-0.25, -0.2) is 0 Å². The van der Waals surface area contributed by atoms with Crippen molar-refractivity contribution in [1.82, 2.24) is 10.3 Å². The highest BCUT2D eigenvalue weighted by molar-refractivity contribution is 6.36. The summed E-state index contributed by atoms with van der Waals surface area (Å²) in [5.41, 5.74) is 6.10. The van der Waals surface area contributed by atoms with Gasteiger partial charge in [0.1, 0.15) is 11.7 Å². The molecule has 1 heterocycles. The van der Waals surface area contributed by atoms with Crippen molar-refractivity contribution < 1.29 is 9.59 Å². The highest BCUT2D eigenvalue weighted by atomic mass is 35.5. The predicted octanol–water partition coefficient (Wildman–Crippen LogP) is 2.21. The van der Waals surface area contributed by atoms with Crippen LogP contribution in [0.3, 0.4) is 0 Å². The first-order chi connectivity index (χ1) is 10.5. The average Bonchev–Trinajstić information content (AvgIpc) is 2.50.